The van der Waals surface area contributed by atoms with Crippen LogP contribution in [-0.2, 0) is 9.53 Å². The van der Waals surface area contributed by atoms with Gasteiger partial charge in [-0.25, -0.2) is 0 Å². The maximum Gasteiger partial charge on any atom is 0.217 e. The van der Waals surface area contributed by atoms with E-state index in [1.807, 2.05) is 0 Å². The molecule has 0 bridgehead atoms. The Bertz CT molecular complexity index is 197. The van der Waals surface area contributed by atoms with Gasteiger partial charge >= 0.3 is 0 Å². The number of hydrogen-bond donors (Lipinski definition) is 4. The molecule has 1 aliphatic rings. The van der Waals surface area contributed by atoms with Gasteiger partial charge in [-0.15, -0.1) is 0 Å². The van der Waals surface area contributed by atoms with Crippen molar-refractivity contribution in [3.05, 3.63) is 0 Å². The van der Waals surface area contributed by atoms with Gasteiger partial charge in [0.05, 0.1) is 12.6 Å². The fourth-order valence-electron chi connectivity index (χ4n) is 1.31. The minimum absolute atomic E-state index is 0.347. The molecule has 6 nitrogen and oxygen atoms in total. The largest absolute Gasteiger partial charge is 0.394 e. The summed E-state index contributed by atoms with van der Waals surface area (Å²) in [5.41, 5.74) is 0. The lowest BCUT2D eigenvalue weighted by Crippen LogP contribution is -2.47. The van der Waals surface area contributed by atoms with E-state index >= 15 is 0 Å². The first-order chi connectivity index (χ1) is 6.06. The van der Waals surface area contributed by atoms with Crippen molar-refractivity contribution in [3.8, 4) is 0 Å². The van der Waals surface area contributed by atoms with E-state index in [9.17, 15) is 9.90 Å². The summed E-state index contributed by atoms with van der Waals surface area (Å²) >= 11 is 0. The number of amides is 1. The molecule has 1 heterocycles. The van der Waals surface area contributed by atoms with Crippen LogP contribution in [-0.4, -0.2) is 52.4 Å². The minimum Gasteiger partial charge on any atom is -0.394 e. The van der Waals surface area contributed by atoms with Crippen molar-refractivity contribution in [2.45, 2.75) is 31.5 Å². The Labute approximate surface area is 75.1 Å². The highest BCUT2D eigenvalue weighted by Crippen LogP contribution is 2.18. The predicted octanol–water partition coefficient (Wildman–Crippen LogP) is -2.44. The molecule has 0 aromatic carbocycles. The number of carbonyl (C=O) groups is 1. The highest BCUT2D eigenvalue weighted by molar-refractivity contribution is 5.73. The zero-order valence-corrected chi connectivity index (χ0v) is 7.17. The number of carbonyl (C=O) groups excluding carboxylic acids is 1. The van der Waals surface area contributed by atoms with Crippen molar-refractivity contribution in [2.24, 2.45) is 0 Å². The van der Waals surface area contributed by atoms with E-state index in [1.165, 1.54) is 6.92 Å². The fraction of sp³-hybridized carbons (Fsp3) is 0.857. The van der Waals surface area contributed by atoms with Gasteiger partial charge in [-0.1, -0.05) is 0 Å². The van der Waals surface area contributed by atoms with Crippen LogP contribution in [0.3, 0.4) is 0 Å². The summed E-state index contributed by atoms with van der Waals surface area (Å²) in [5, 5.41) is 29.5. The van der Waals surface area contributed by atoms with Gasteiger partial charge in [-0.3, -0.25) is 4.79 Å². The van der Waals surface area contributed by atoms with Crippen molar-refractivity contribution in [1.29, 1.82) is 0 Å². The van der Waals surface area contributed by atoms with Gasteiger partial charge < -0.3 is 25.4 Å². The van der Waals surface area contributed by atoms with E-state index in [0.717, 1.165) is 0 Å². The van der Waals surface area contributed by atoms with Crippen LogP contribution in [0.5, 0.6) is 0 Å². The molecule has 0 aromatic heterocycles. The zero-order valence-electron chi connectivity index (χ0n) is 7.17. The maximum atomic E-state index is 10.7. The average Bonchev–Trinajstić information content (AvgIpc) is 2.31. The Morgan fingerprint density at radius 2 is 2.15 bits per heavy atom. The third kappa shape index (κ3) is 2.16. The molecule has 13 heavy (non-hydrogen) atoms. The molecule has 6 heteroatoms. The van der Waals surface area contributed by atoms with E-state index in [4.69, 9.17) is 14.9 Å². The molecule has 0 spiro atoms. The van der Waals surface area contributed by atoms with Gasteiger partial charge in [0.1, 0.15) is 12.2 Å². The number of aliphatic hydroxyl groups is 3. The number of nitrogens with one attached hydrogen (secondary N) is 1. The molecule has 4 atom stereocenters. The smallest absolute Gasteiger partial charge is 0.217 e. The lowest BCUT2D eigenvalue weighted by molar-refractivity contribution is -0.132. The normalized spacial score (nSPS) is 39.1. The number of hydrogen-bond acceptors (Lipinski definition) is 5. The van der Waals surface area contributed by atoms with Crippen molar-refractivity contribution < 1.29 is 24.9 Å². The van der Waals surface area contributed by atoms with Gasteiger partial charge in [0, 0.05) is 6.92 Å². The van der Waals surface area contributed by atoms with E-state index in [0.29, 0.717) is 0 Å². The molecule has 0 saturated carbocycles. The summed E-state index contributed by atoms with van der Waals surface area (Å²) in [7, 11) is 0. The minimum atomic E-state index is -1.35. The van der Waals surface area contributed by atoms with Crippen LogP contribution in [0.2, 0.25) is 0 Å². The van der Waals surface area contributed by atoms with Crippen LogP contribution < -0.4 is 5.32 Å². The third-order valence-corrected chi connectivity index (χ3v) is 1.92. The van der Waals surface area contributed by atoms with Crippen molar-refractivity contribution in [2.75, 3.05) is 6.61 Å². The molecule has 4 N–H and O–H groups in total. The summed E-state index contributed by atoms with van der Waals surface area (Å²) in [4.78, 5) is 10.7. The monoisotopic (exact) mass is 191 g/mol. The molecule has 76 valence electrons. The van der Waals surface area contributed by atoms with Crippen LogP contribution in [0.1, 0.15) is 6.92 Å². The average molecular weight is 191 g/mol. The van der Waals surface area contributed by atoms with Gasteiger partial charge in [0.25, 0.3) is 0 Å². The fourth-order valence-corrected chi connectivity index (χ4v) is 1.31. The molecule has 0 unspecified atom stereocenters. The van der Waals surface area contributed by atoms with Crippen molar-refractivity contribution in [1.82, 2.24) is 5.32 Å². The Morgan fingerprint density at radius 1 is 1.54 bits per heavy atom. The first-order valence-corrected chi connectivity index (χ1v) is 3.96. The lowest BCUT2D eigenvalue weighted by atomic mass is 10.1. The topological polar surface area (TPSA) is 99.0 Å². The zero-order chi connectivity index (χ0) is 10.0. The van der Waals surface area contributed by atoms with E-state index < -0.39 is 24.5 Å². The highest BCUT2D eigenvalue weighted by Gasteiger charge is 2.42. The Kier molecular flexibility index (Phi) is 3.21. The standard InChI is InChI=1S/C7H13NO5/c1-3(10)8-5-4(2-9)13-7(12)6(5)11/h4-7,9,11-12H,2H2,1H3,(H,8,10)/t4-,5+,6-,7-/m1/s1. The molecule has 1 fully saturated rings. The van der Waals surface area contributed by atoms with Crippen molar-refractivity contribution in [3.63, 3.8) is 0 Å². The SMILES string of the molecule is CC(=O)N[C@@H]1[C@@H](O)[C@H](O)O[C@@H]1CO. The number of aliphatic hydroxyl groups excluding tert-OH is 3. The third-order valence-electron chi connectivity index (χ3n) is 1.92. The van der Waals surface area contributed by atoms with E-state index in [1.54, 1.807) is 0 Å². The van der Waals surface area contributed by atoms with Crippen LogP contribution in [0.15, 0.2) is 0 Å². The van der Waals surface area contributed by atoms with E-state index in [2.05, 4.69) is 5.32 Å². The van der Waals surface area contributed by atoms with E-state index in [-0.39, 0.29) is 12.5 Å². The number of ether oxygens (including phenoxy) is 1. The highest BCUT2D eigenvalue weighted by atomic mass is 16.6. The van der Waals surface area contributed by atoms with Gasteiger partial charge in [-0.2, -0.15) is 0 Å². The Morgan fingerprint density at radius 3 is 2.62 bits per heavy atom. The summed E-state index contributed by atoms with van der Waals surface area (Å²) in [6.07, 6.45) is -3.30. The maximum absolute atomic E-state index is 10.7. The van der Waals surface area contributed by atoms with Crippen LogP contribution in [0, 0.1) is 0 Å². The van der Waals surface area contributed by atoms with Gasteiger partial charge in [-0.05, 0) is 0 Å². The lowest BCUT2D eigenvalue weighted by Gasteiger charge is -2.18. The first-order valence-electron chi connectivity index (χ1n) is 3.96. The predicted molar refractivity (Wildman–Crippen MR) is 41.6 cm³/mol. The summed E-state index contributed by atoms with van der Waals surface area (Å²) in [6.45, 7) is 0.922. The molecule has 1 rings (SSSR count). The Hall–Kier alpha value is -0.690. The van der Waals surface area contributed by atoms with Crippen molar-refractivity contribution >= 4 is 5.91 Å². The molecule has 1 saturated heterocycles. The molecule has 1 aliphatic heterocycles. The van der Waals surface area contributed by atoms with Gasteiger partial charge in [0.2, 0.25) is 5.91 Å². The van der Waals surface area contributed by atoms with Crippen LogP contribution >= 0.6 is 0 Å². The van der Waals surface area contributed by atoms with Gasteiger partial charge in [0.15, 0.2) is 6.29 Å². The summed E-state index contributed by atoms with van der Waals surface area (Å²) in [6, 6.07) is -0.752. The molecule has 1 amide bonds. The summed E-state index contributed by atoms with van der Waals surface area (Å²) in [5.74, 6) is -0.347. The molecule has 0 aromatic rings. The second kappa shape index (κ2) is 4.01. The second-order valence-corrected chi connectivity index (χ2v) is 2.96. The summed E-state index contributed by atoms with van der Waals surface area (Å²) < 4.78 is 4.78. The quantitative estimate of drug-likeness (QED) is 0.388. The second-order valence-electron chi connectivity index (χ2n) is 2.96. The first kappa shape index (κ1) is 10.4. The molecule has 0 radical (unpaired) electrons. The molecular formula is C7H13NO5. The van der Waals surface area contributed by atoms with Crippen LogP contribution in [0.25, 0.3) is 0 Å². The number of rotatable bonds is 2. The molecular weight excluding hydrogens is 178 g/mol. The molecule has 0 aliphatic carbocycles. The Balaban J connectivity index is 2.62. The van der Waals surface area contributed by atoms with Crippen LogP contribution in [0.4, 0.5) is 0 Å².